The van der Waals surface area contributed by atoms with Crippen LogP contribution in [0.1, 0.15) is 41.1 Å². The van der Waals surface area contributed by atoms with Crippen molar-refractivity contribution in [1.29, 1.82) is 0 Å². The summed E-state index contributed by atoms with van der Waals surface area (Å²) in [4.78, 5) is 5.07. The normalized spacial score (nSPS) is 26.1. The molecule has 3 nitrogen and oxygen atoms in total. The SMILES string of the molecule is Cc1ccc([C@H]2CC(O)C[C@H]3CN(c4ccc(Cl)c(C)c4)CCN32)cc1C. The van der Waals surface area contributed by atoms with Crippen LogP contribution in [0.5, 0.6) is 0 Å². The maximum Gasteiger partial charge on any atom is 0.0574 e. The zero-order valence-corrected chi connectivity index (χ0v) is 17.2. The quantitative estimate of drug-likeness (QED) is 0.816. The molecule has 0 amide bonds. The number of nitrogens with zero attached hydrogens (tertiary/aromatic N) is 2. The highest BCUT2D eigenvalue weighted by atomic mass is 35.5. The summed E-state index contributed by atoms with van der Waals surface area (Å²) in [5, 5.41) is 11.4. The molecule has 0 bridgehead atoms. The van der Waals surface area contributed by atoms with E-state index in [2.05, 4.69) is 60.9 Å². The highest BCUT2D eigenvalue weighted by Crippen LogP contribution is 2.38. The van der Waals surface area contributed by atoms with E-state index in [0.29, 0.717) is 12.1 Å². The molecule has 2 heterocycles. The van der Waals surface area contributed by atoms with Gasteiger partial charge < -0.3 is 10.0 Å². The standard InChI is InChI=1S/C23H29ClN2O/c1-15-4-5-18(10-16(15)2)23-13-21(27)12-20-14-25(8-9-26(20)23)19-6-7-22(24)17(3)11-19/h4-7,10-11,20-21,23,27H,8-9,12-14H2,1-3H3/t20-,21?,23+/m0/s1. The van der Waals surface area contributed by atoms with Crippen LogP contribution in [0.3, 0.4) is 0 Å². The lowest BCUT2D eigenvalue weighted by atomic mass is 9.86. The van der Waals surface area contributed by atoms with Crippen LogP contribution in [0.15, 0.2) is 36.4 Å². The van der Waals surface area contributed by atoms with E-state index in [1.54, 1.807) is 0 Å². The lowest BCUT2D eigenvalue weighted by Gasteiger charge is -2.50. The average Bonchev–Trinajstić information content (AvgIpc) is 2.65. The highest BCUT2D eigenvalue weighted by Gasteiger charge is 2.39. The largest absolute Gasteiger partial charge is 0.393 e. The molecule has 0 saturated carbocycles. The van der Waals surface area contributed by atoms with E-state index >= 15 is 0 Å². The van der Waals surface area contributed by atoms with Gasteiger partial charge >= 0.3 is 0 Å². The summed E-state index contributed by atoms with van der Waals surface area (Å²) in [6.45, 7) is 9.38. The average molecular weight is 385 g/mol. The number of rotatable bonds is 2. The number of aryl methyl sites for hydroxylation is 3. The molecule has 2 saturated heterocycles. The van der Waals surface area contributed by atoms with Crippen molar-refractivity contribution in [2.75, 3.05) is 24.5 Å². The number of aliphatic hydroxyl groups excluding tert-OH is 1. The number of halogens is 1. The summed E-state index contributed by atoms with van der Waals surface area (Å²) in [6, 6.07) is 13.8. The van der Waals surface area contributed by atoms with E-state index in [-0.39, 0.29) is 6.10 Å². The van der Waals surface area contributed by atoms with Crippen molar-refractivity contribution in [1.82, 2.24) is 4.90 Å². The van der Waals surface area contributed by atoms with Gasteiger partial charge in [0.05, 0.1) is 6.10 Å². The van der Waals surface area contributed by atoms with E-state index in [9.17, 15) is 5.11 Å². The van der Waals surface area contributed by atoms with Crippen molar-refractivity contribution >= 4 is 17.3 Å². The Labute approximate surface area is 167 Å². The van der Waals surface area contributed by atoms with Gasteiger partial charge in [-0.2, -0.15) is 0 Å². The van der Waals surface area contributed by atoms with Gasteiger partial charge in [-0.25, -0.2) is 0 Å². The molecular formula is C23H29ClN2O. The van der Waals surface area contributed by atoms with Crippen LogP contribution >= 0.6 is 11.6 Å². The van der Waals surface area contributed by atoms with E-state index in [4.69, 9.17) is 11.6 Å². The Morgan fingerprint density at radius 1 is 0.926 bits per heavy atom. The highest BCUT2D eigenvalue weighted by molar-refractivity contribution is 6.31. The van der Waals surface area contributed by atoms with Gasteiger partial charge in [0.1, 0.15) is 0 Å². The third-order valence-electron chi connectivity index (χ3n) is 6.39. The molecule has 2 aromatic rings. The minimum Gasteiger partial charge on any atom is -0.393 e. The first-order chi connectivity index (χ1) is 12.9. The number of piperazine rings is 1. The van der Waals surface area contributed by atoms with Gasteiger partial charge in [0.15, 0.2) is 0 Å². The van der Waals surface area contributed by atoms with Crippen LogP contribution in [0.25, 0.3) is 0 Å². The lowest BCUT2D eigenvalue weighted by molar-refractivity contribution is -0.00601. The van der Waals surface area contributed by atoms with Gasteiger partial charge in [-0.1, -0.05) is 29.8 Å². The van der Waals surface area contributed by atoms with Gasteiger partial charge in [-0.3, -0.25) is 4.90 Å². The maximum atomic E-state index is 10.6. The molecule has 2 aromatic carbocycles. The monoisotopic (exact) mass is 384 g/mol. The van der Waals surface area contributed by atoms with Gasteiger partial charge in [0.2, 0.25) is 0 Å². The Morgan fingerprint density at radius 3 is 2.48 bits per heavy atom. The number of fused-ring (bicyclic) bond motifs is 1. The summed E-state index contributed by atoms with van der Waals surface area (Å²) in [5.41, 5.74) is 6.36. The van der Waals surface area contributed by atoms with Crippen molar-refractivity contribution < 1.29 is 5.11 Å². The second-order valence-corrected chi connectivity index (χ2v) is 8.66. The molecule has 2 aliphatic rings. The Hall–Kier alpha value is -1.55. The van der Waals surface area contributed by atoms with Crippen molar-refractivity contribution in [2.24, 2.45) is 0 Å². The van der Waals surface area contributed by atoms with Crippen LogP contribution in [-0.4, -0.2) is 41.8 Å². The predicted molar refractivity (Wildman–Crippen MR) is 113 cm³/mol. The fourth-order valence-corrected chi connectivity index (χ4v) is 4.77. The topological polar surface area (TPSA) is 26.7 Å². The number of benzene rings is 2. The van der Waals surface area contributed by atoms with Crippen LogP contribution in [0, 0.1) is 20.8 Å². The zero-order chi connectivity index (χ0) is 19.1. The summed E-state index contributed by atoms with van der Waals surface area (Å²) >= 11 is 6.20. The molecule has 0 aromatic heterocycles. The molecule has 3 atom stereocenters. The number of hydrogen-bond acceptors (Lipinski definition) is 3. The fraction of sp³-hybridized carbons (Fsp3) is 0.478. The smallest absolute Gasteiger partial charge is 0.0574 e. The van der Waals surface area contributed by atoms with Gasteiger partial charge in [0, 0.05) is 42.4 Å². The first kappa shape index (κ1) is 18.8. The minimum atomic E-state index is -0.232. The molecule has 27 heavy (non-hydrogen) atoms. The summed E-state index contributed by atoms with van der Waals surface area (Å²) in [7, 11) is 0. The molecule has 144 valence electrons. The van der Waals surface area contributed by atoms with E-state index in [1.807, 2.05) is 6.07 Å². The van der Waals surface area contributed by atoms with Crippen LogP contribution in [0.4, 0.5) is 5.69 Å². The zero-order valence-electron chi connectivity index (χ0n) is 16.5. The Kier molecular flexibility index (Phi) is 5.19. The Balaban J connectivity index is 1.56. The summed E-state index contributed by atoms with van der Waals surface area (Å²) < 4.78 is 0. The van der Waals surface area contributed by atoms with Crippen molar-refractivity contribution in [3.63, 3.8) is 0 Å². The molecule has 1 N–H and O–H groups in total. The summed E-state index contributed by atoms with van der Waals surface area (Å²) in [6.07, 6.45) is 1.45. The Bertz CT molecular complexity index is 837. The number of piperidine rings is 1. The van der Waals surface area contributed by atoms with Crippen LogP contribution < -0.4 is 4.90 Å². The van der Waals surface area contributed by atoms with Crippen LogP contribution in [0.2, 0.25) is 5.02 Å². The number of anilines is 1. The third-order valence-corrected chi connectivity index (χ3v) is 6.81. The number of hydrogen-bond donors (Lipinski definition) is 1. The molecule has 2 fully saturated rings. The minimum absolute atomic E-state index is 0.232. The first-order valence-corrected chi connectivity index (χ1v) is 10.3. The molecule has 1 unspecified atom stereocenters. The van der Waals surface area contributed by atoms with Crippen LogP contribution in [-0.2, 0) is 0 Å². The first-order valence-electron chi connectivity index (χ1n) is 9.94. The molecule has 0 spiro atoms. The number of aliphatic hydroxyl groups is 1. The molecular weight excluding hydrogens is 356 g/mol. The molecule has 0 radical (unpaired) electrons. The van der Waals surface area contributed by atoms with Gasteiger partial charge in [-0.05, 0) is 74.1 Å². The predicted octanol–water partition coefficient (Wildman–Crippen LogP) is 4.65. The van der Waals surface area contributed by atoms with Crippen molar-refractivity contribution in [3.8, 4) is 0 Å². The second kappa shape index (κ2) is 7.46. The van der Waals surface area contributed by atoms with E-state index in [1.165, 1.54) is 22.4 Å². The molecule has 2 aliphatic heterocycles. The molecule has 0 aliphatic carbocycles. The van der Waals surface area contributed by atoms with Gasteiger partial charge in [-0.15, -0.1) is 0 Å². The second-order valence-electron chi connectivity index (χ2n) is 8.26. The van der Waals surface area contributed by atoms with Crippen molar-refractivity contribution in [2.45, 2.75) is 51.8 Å². The van der Waals surface area contributed by atoms with E-state index < -0.39 is 0 Å². The van der Waals surface area contributed by atoms with Gasteiger partial charge in [0.25, 0.3) is 0 Å². The third kappa shape index (κ3) is 3.73. The summed E-state index contributed by atoms with van der Waals surface area (Å²) in [5.74, 6) is 0. The Morgan fingerprint density at radius 2 is 1.74 bits per heavy atom. The molecule has 4 heteroatoms. The van der Waals surface area contributed by atoms with Crippen molar-refractivity contribution in [3.05, 3.63) is 63.7 Å². The molecule has 4 rings (SSSR count). The fourth-order valence-electron chi connectivity index (χ4n) is 4.65. The lowest BCUT2D eigenvalue weighted by Crippen LogP contribution is -2.58. The maximum absolute atomic E-state index is 10.6. The van der Waals surface area contributed by atoms with E-state index in [0.717, 1.165) is 43.1 Å².